The summed E-state index contributed by atoms with van der Waals surface area (Å²) < 4.78 is 6.96. The number of carbonyl (C=O) groups excluding carboxylic acids is 2. The van der Waals surface area contributed by atoms with Crippen LogP contribution in [0.3, 0.4) is 0 Å². The van der Waals surface area contributed by atoms with Gasteiger partial charge in [0.2, 0.25) is 5.91 Å². The fourth-order valence-electron chi connectivity index (χ4n) is 5.35. The minimum atomic E-state index is -0.377. The molecule has 2 aliphatic carbocycles. The molecule has 3 aromatic rings. The average molecular weight is 572 g/mol. The van der Waals surface area contributed by atoms with Crippen LogP contribution in [-0.2, 0) is 41.8 Å². The van der Waals surface area contributed by atoms with Crippen molar-refractivity contribution in [2.24, 2.45) is 5.92 Å². The van der Waals surface area contributed by atoms with Gasteiger partial charge in [0.1, 0.15) is 9.83 Å². The van der Waals surface area contributed by atoms with E-state index in [1.165, 1.54) is 28.0 Å². The Morgan fingerprint density at radius 2 is 2.00 bits per heavy atom. The highest BCUT2D eigenvalue weighted by Crippen LogP contribution is 2.39. The van der Waals surface area contributed by atoms with E-state index in [1.54, 1.807) is 28.9 Å². The standard InChI is InChI=1S/C28H33N3O4S3/c1-4-13-31-26(33)22-18-12-11-16(3)14-20(18)38-24(22)30-28(31)36-15-21(32)29-25-23(27(34)35-5-2)17-9-7-6-8-10-19(17)37-25/h4,16H,1,5-15H2,2-3H3,(H,29,32)/t16-/m0/s1. The fraction of sp³-hybridized carbons (Fsp3) is 0.500. The lowest BCUT2D eigenvalue weighted by molar-refractivity contribution is -0.113. The summed E-state index contributed by atoms with van der Waals surface area (Å²) in [6, 6.07) is 0. The molecular weight excluding hydrogens is 539 g/mol. The zero-order valence-corrected chi connectivity index (χ0v) is 24.3. The molecule has 202 valence electrons. The number of esters is 1. The van der Waals surface area contributed by atoms with E-state index in [4.69, 9.17) is 9.72 Å². The topological polar surface area (TPSA) is 90.3 Å². The maximum absolute atomic E-state index is 13.5. The number of carbonyl (C=O) groups is 2. The summed E-state index contributed by atoms with van der Waals surface area (Å²) in [6.07, 6.45) is 9.64. The molecule has 0 aromatic carbocycles. The molecule has 0 bridgehead atoms. The number of fused-ring (bicyclic) bond motifs is 4. The molecule has 3 aromatic heterocycles. The number of thiophene rings is 2. The van der Waals surface area contributed by atoms with Gasteiger partial charge in [-0.1, -0.05) is 31.2 Å². The molecular formula is C28H33N3O4S3. The van der Waals surface area contributed by atoms with Crippen LogP contribution < -0.4 is 10.9 Å². The number of rotatable bonds is 8. The van der Waals surface area contributed by atoms with Gasteiger partial charge in [0.05, 0.1) is 23.3 Å². The maximum Gasteiger partial charge on any atom is 0.341 e. The monoisotopic (exact) mass is 571 g/mol. The SMILES string of the molecule is C=CCn1c(SCC(=O)Nc2sc3c(c2C(=O)OCC)CCCCC3)nc2sc3c(c2c1=O)CC[C@H](C)C3. The number of nitrogens with one attached hydrogen (secondary N) is 1. The minimum absolute atomic E-state index is 0.0588. The van der Waals surface area contributed by atoms with Crippen LogP contribution in [0.25, 0.3) is 10.2 Å². The van der Waals surface area contributed by atoms with Crippen LogP contribution in [0.5, 0.6) is 0 Å². The second kappa shape index (κ2) is 11.8. The van der Waals surface area contributed by atoms with E-state index in [2.05, 4.69) is 18.8 Å². The van der Waals surface area contributed by atoms with Gasteiger partial charge in [-0.05, 0) is 68.9 Å². The van der Waals surface area contributed by atoms with E-state index in [0.717, 1.165) is 77.6 Å². The largest absolute Gasteiger partial charge is 0.462 e. The van der Waals surface area contributed by atoms with E-state index in [9.17, 15) is 14.4 Å². The van der Waals surface area contributed by atoms with Crippen LogP contribution in [0.4, 0.5) is 5.00 Å². The molecule has 0 unspecified atom stereocenters. The first-order valence-corrected chi connectivity index (χ1v) is 15.9. The molecule has 0 saturated heterocycles. The van der Waals surface area contributed by atoms with Crippen LogP contribution in [-0.4, -0.2) is 33.8 Å². The first-order valence-electron chi connectivity index (χ1n) is 13.3. The lowest BCUT2D eigenvalue weighted by Gasteiger charge is -2.17. The first-order chi connectivity index (χ1) is 18.4. The summed E-state index contributed by atoms with van der Waals surface area (Å²) in [6.45, 7) is 8.47. The number of aromatic nitrogens is 2. The lowest BCUT2D eigenvalue weighted by Crippen LogP contribution is -2.24. The number of allylic oxidation sites excluding steroid dienone is 1. The van der Waals surface area contributed by atoms with Crippen molar-refractivity contribution in [3.63, 3.8) is 0 Å². The van der Waals surface area contributed by atoms with Crippen molar-refractivity contribution < 1.29 is 14.3 Å². The summed E-state index contributed by atoms with van der Waals surface area (Å²) in [7, 11) is 0. The van der Waals surface area contributed by atoms with Crippen molar-refractivity contribution in [1.82, 2.24) is 9.55 Å². The van der Waals surface area contributed by atoms with E-state index < -0.39 is 0 Å². The van der Waals surface area contributed by atoms with Crippen LogP contribution >= 0.6 is 34.4 Å². The number of amides is 1. The molecule has 3 heterocycles. The fourth-order valence-corrected chi connectivity index (χ4v) is 8.87. The predicted molar refractivity (Wildman–Crippen MR) is 156 cm³/mol. The summed E-state index contributed by atoms with van der Waals surface area (Å²) in [5.41, 5.74) is 2.62. The van der Waals surface area contributed by atoms with Crippen molar-refractivity contribution in [3.05, 3.63) is 49.5 Å². The number of thioether (sulfide) groups is 1. The molecule has 0 aliphatic heterocycles. The van der Waals surface area contributed by atoms with Crippen molar-refractivity contribution in [3.8, 4) is 0 Å². The van der Waals surface area contributed by atoms with Gasteiger partial charge < -0.3 is 10.1 Å². The Bertz CT molecular complexity index is 1450. The molecule has 38 heavy (non-hydrogen) atoms. The highest BCUT2D eigenvalue weighted by Gasteiger charge is 2.28. The predicted octanol–water partition coefficient (Wildman–Crippen LogP) is 6.01. The summed E-state index contributed by atoms with van der Waals surface area (Å²) in [5.74, 6) is 0.0611. The number of hydrogen-bond donors (Lipinski definition) is 1. The molecule has 0 fully saturated rings. The average Bonchev–Trinajstić information content (AvgIpc) is 3.32. The van der Waals surface area contributed by atoms with Gasteiger partial charge in [0, 0.05) is 16.3 Å². The zero-order chi connectivity index (χ0) is 26.8. The molecule has 10 heteroatoms. The quantitative estimate of drug-likeness (QED) is 0.117. The van der Waals surface area contributed by atoms with Crippen molar-refractivity contribution in [1.29, 1.82) is 0 Å². The number of ether oxygens (including phenoxy) is 1. The first kappa shape index (κ1) is 27.1. The van der Waals surface area contributed by atoms with E-state index in [-0.39, 0.29) is 29.8 Å². The molecule has 7 nitrogen and oxygen atoms in total. The summed E-state index contributed by atoms with van der Waals surface area (Å²) in [5, 5.41) is 4.77. The van der Waals surface area contributed by atoms with Gasteiger partial charge in [-0.2, -0.15) is 0 Å². The van der Waals surface area contributed by atoms with Gasteiger partial charge >= 0.3 is 5.97 Å². The Morgan fingerprint density at radius 3 is 2.79 bits per heavy atom. The number of anilines is 1. The van der Waals surface area contributed by atoms with Crippen molar-refractivity contribution in [2.75, 3.05) is 17.7 Å². The highest BCUT2D eigenvalue weighted by atomic mass is 32.2. The van der Waals surface area contributed by atoms with Gasteiger partial charge in [0.25, 0.3) is 5.56 Å². The lowest BCUT2D eigenvalue weighted by atomic mass is 9.89. The van der Waals surface area contributed by atoms with Crippen LogP contribution in [0.1, 0.15) is 70.8 Å². The van der Waals surface area contributed by atoms with Gasteiger partial charge in [0.15, 0.2) is 5.16 Å². The maximum atomic E-state index is 13.5. The molecule has 5 rings (SSSR count). The molecule has 0 spiro atoms. The van der Waals surface area contributed by atoms with E-state index >= 15 is 0 Å². The smallest absolute Gasteiger partial charge is 0.341 e. The third-order valence-electron chi connectivity index (χ3n) is 7.18. The zero-order valence-electron chi connectivity index (χ0n) is 21.9. The Morgan fingerprint density at radius 1 is 1.18 bits per heavy atom. The summed E-state index contributed by atoms with van der Waals surface area (Å²) >= 11 is 4.33. The van der Waals surface area contributed by atoms with Gasteiger partial charge in [-0.25, -0.2) is 9.78 Å². The molecule has 1 N–H and O–H groups in total. The molecule has 1 amide bonds. The number of aryl methyl sites for hydroxylation is 2. The Balaban J connectivity index is 1.39. The van der Waals surface area contributed by atoms with E-state index in [1.807, 2.05) is 0 Å². The van der Waals surface area contributed by atoms with Crippen LogP contribution in [0.2, 0.25) is 0 Å². The van der Waals surface area contributed by atoms with Gasteiger partial charge in [-0.3, -0.25) is 14.2 Å². The second-order valence-electron chi connectivity index (χ2n) is 9.96. The molecule has 2 aliphatic rings. The third kappa shape index (κ3) is 5.35. The summed E-state index contributed by atoms with van der Waals surface area (Å²) in [4.78, 5) is 47.5. The molecule has 0 saturated carbocycles. The van der Waals surface area contributed by atoms with Crippen molar-refractivity contribution >= 4 is 61.5 Å². The minimum Gasteiger partial charge on any atom is -0.462 e. The molecule has 1 atom stereocenters. The Labute approximate surface area is 234 Å². The second-order valence-corrected chi connectivity index (χ2v) is 13.1. The van der Waals surface area contributed by atoms with Gasteiger partial charge in [-0.15, -0.1) is 29.3 Å². The normalized spacial score (nSPS) is 16.9. The Hall–Kier alpha value is -2.43. The van der Waals surface area contributed by atoms with Crippen LogP contribution in [0.15, 0.2) is 22.6 Å². The number of hydrogen-bond acceptors (Lipinski definition) is 8. The molecule has 0 radical (unpaired) electrons. The van der Waals surface area contributed by atoms with E-state index in [0.29, 0.717) is 28.2 Å². The van der Waals surface area contributed by atoms with Crippen LogP contribution in [0, 0.1) is 5.92 Å². The number of nitrogens with zero attached hydrogens (tertiary/aromatic N) is 2. The third-order valence-corrected chi connectivity index (χ3v) is 10.5. The van der Waals surface area contributed by atoms with Crippen molar-refractivity contribution in [2.45, 2.75) is 76.9 Å². The highest BCUT2D eigenvalue weighted by molar-refractivity contribution is 7.99. The Kier molecular flexibility index (Phi) is 8.40.